The summed E-state index contributed by atoms with van der Waals surface area (Å²) in [7, 11) is 0. The third kappa shape index (κ3) is 5.65. The highest BCUT2D eigenvalue weighted by Crippen LogP contribution is 2.33. The van der Waals surface area contributed by atoms with Crippen molar-refractivity contribution < 1.29 is 22.8 Å². The number of nitrogens with one attached hydrogen (secondary N) is 3. The summed E-state index contributed by atoms with van der Waals surface area (Å²) < 4.78 is 39.1. The number of benzene rings is 2. The Morgan fingerprint density at radius 3 is 2.50 bits per heavy atom. The van der Waals surface area contributed by atoms with E-state index in [-0.39, 0.29) is 24.0 Å². The van der Waals surface area contributed by atoms with Crippen LogP contribution in [0.2, 0.25) is 0 Å². The van der Waals surface area contributed by atoms with E-state index in [2.05, 4.69) is 20.9 Å². The van der Waals surface area contributed by atoms with E-state index in [1.165, 1.54) is 18.7 Å². The zero-order chi connectivity index (χ0) is 24.1. The summed E-state index contributed by atoms with van der Waals surface area (Å²) in [4.78, 5) is 29.1. The second kappa shape index (κ2) is 10.1. The van der Waals surface area contributed by atoms with E-state index >= 15 is 0 Å². The highest BCUT2D eigenvalue weighted by Gasteiger charge is 2.30. The normalized spacial score (nSPS) is 14.6. The highest BCUT2D eigenvalue weighted by atomic mass is 19.4. The van der Waals surface area contributed by atoms with Crippen molar-refractivity contribution in [2.75, 3.05) is 11.9 Å². The Bertz CT molecular complexity index is 1190. The van der Waals surface area contributed by atoms with Gasteiger partial charge >= 0.3 is 6.18 Å². The van der Waals surface area contributed by atoms with Gasteiger partial charge in [-0.2, -0.15) is 13.2 Å². The Labute approximate surface area is 195 Å². The van der Waals surface area contributed by atoms with E-state index in [1.54, 1.807) is 30.3 Å². The van der Waals surface area contributed by atoms with Crippen molar-refractivity contribution in [3.8, 4) is 0 Å². The number of halogens is 3. The van der Waals surface area contributed by atoms with Gasteiger partial charge in [0.05, 0.1) is 28.9 Å². The van der Waals surface area contributed by atoms with Crippen LogP contribution in [0.4, 0.5) is 24.5 Å². The lowest BCUT2D eigenvalue weighted by molar-refractivity contribution is -0.137. The molecule has 34 heavy (non-hydrogen) atoms. The molecular formula is C25H25F3N4O2. The Balaban J connectivity index is 1.47. The van der Waals surface area contributed by atoms with Crippen molar-refractivity contribution in [2.24, 2.45) is 0 Å². The summed E-state index contributed by atoms with van der Waals surface area (Å²) in [5, 5.41) is 9.22. The van der Waals surface area contributed by atoms with Crippen molar-refractivity contribution in [3.05, 3.63) is 65.9 Å². The number of nitrogens with zero attached hydrogens (tertiary/aromatic N) is 1. The minimum absolute atomic E-state index is 0.137. The largest absolute Gasteiger partial charge is 0.416 e. The number of fused-ring (bicyclic) bond motifs is 1. The van der Waals surface area contributed by atoms with Crippen LogP contribution in [-0.2, 0) is 11.0 Å². The van der Waals surface area contributed by atoms with Crippen LogP contribution < -0.4 is 16.0 Å². The van der Waals surface area contributed by atoms with Gasteiger partial charge in [0.1, 0.15) is 0 Å². The number of alkyl halides is 3. The number of carbonyl (C=O) groups is 2. The molecule has 3 aromatic rings. The number of aromatic nitrogens is 1. The second-order valence-electron chi connectivity index (χ2n) is 8.34. The third-order valence-electron chi connectivity index (χ3n) is 5.89. The first-order chi connectivity index (χ1) is 16.3. The molecule has 1 saturated carbocycles. The molecule has 1 heterocycles. The van der Waals surface area contributed by atoms with Crippen LogP contribution in [0.25, 0.3) is 10.9 Å². The van der Waals surface area contributed by atoms with Gasteiger partial charge in [-0.25, -0.2) is 0 Å². The minimum atomic E-state index is -4.47. The molecule has 4 rings (SSSR count). The summed E-state index contributed by atoms with van der Waals surface area (Å²) in [6, 6.07) is 11.9. The van der Waals surface area contributed by atoms with Crippen molar-refractivity contribution in [2.45, 2.75) is 44.3 Å². The van der Waals surface area contributed by atoms with Crippen LogP contribution in [0.5, 0.6) is 0 Å². The van der Waals surface area contributed by atoms with E-state index in [9.17, 15) is 22.8 Å². The Morgan fingerprint density at radius 1 is 0.971 bits per heavy atom. The van der Waals surface area contributed by atoms with E-state index < -0.39 is 17.6 Å². The molecule has 2 aromatic carbocycles. The van der Waals surface area contributed by atoms with E-state index in [4.69, 9.17) is 0 Å². The molecule has 3 N–H and O–H groups in total. The lowest BCUT2D eigenvalue weighted by atomic mass is 9.95. The molecule has 6 nitrogen and oxygen atoms in total. The molecule has 9 heteroatoms. The summed E-state index contributed by atoms with van der Waals surface area (Å²) in [5.74, 6) is -0.661. The lowest BCUT2D eigenvalue weighted by Gasteiger charge is -2.22. The number of anilines is 2. The smallest absolute Gasteiger partial charge is 0.354 e. The molecule has 0 saturated heterocycles. The molecule has 1 fully saturated rings. The van der Waals surface area contributed by atoms with Gasteiger partial charge in [-0.15, -0.1) is 0 Å². The quantitative estimate of drug-likeness (QED) is 0.464. The van der Waals surface area contributed by atoms with Gasteiger partial charge < -0.3 is 16.0 Å². The Morgan fingerprint density at radius 2 is 1.74 bits per heavy atom. The summed E-state index contributed by atoms with van der Waals surface area (Å²) in [5.41, 5.74) is 0.677. The van der Waals surface area contributed by atoms with Crippen LogP contribution in [0.1, 0.15) is 48.0 Å². The van der Waals surface area contributed by atoms with Crippen LogP contribution >= 0.6 is 0 Å². The number of hydrogen-bond acceptors (Lipinski definition) is 4. The maximum absolute atomic E-state index is 13.0. The maximum atomic E-state index is 13.0. The molecule has 0 unspecified atom stereocenters. The highest BCUT2D eigenvalue weighted by molar-refractivity contribution is 6.03. The number of pyridine rings is 1. The van der Waals surface area contributed by atoms with E-state index in [0.29, 0.717) is 22.3 Å². The van der Waals surface area contributed by atoms with Crippen LogP contribution in [0.3, 0.4) is 0 Å². The van der Waals surface area contributed by atoms with Gasteiger partial charge in [-0.3, -0.25) is 14.6 Å². The number of amides is 2. The molecule has 2 amide bonds. The standard InChI is InChI=1S/C25H25F3N4O2/c26-25(27,28)16-10-11-18-21(12-13-29-22(18)14-16)32-20-9-5-4-8-19(20)24(34)30-15-23(33)31-17-6-2-1-3-7-17/h4-5,8-14,17H,1-3,6-7,15H2,(H,29,32)(H,30,34)(H,31,33). The van der Waals surface area contributed by atoms with Crippen molar-refractivity contribution >= 4 is 34.1 Å². The van der Waals surface area contributed by atoms with Crippen molar-refractivity contribution in [3.63, 3.8) is 0 Å². The minimum Gasteiger partial charge on any atom is -0.354 e. The van der Waals surface area contributed by atoms with E-state index in [1.807, 2.05) is 0 Å². The predicted octanol–water partition coefficient (Wildman–Crippen LogP) is 5.18. The first kappa shape index (κ1) is 23.5. The zero-order valence-corrected chi connectivity index (χ0v) is 18.4. The molecule has 178 valence electrons. The predicted molar refractivity (Wildman–Crippen MR) is 124 cm³/mol. The zero-order valence-electron chi connectivity index (χ0n) is 18.4. The number of rotatable bonds is 6. The molecule has 1 aromatic heterocycles. The summed E-state index contributed by atoms with van der Waals surface area (Å²) in [6.45, 7) is -0.137. The fraction of sp³-hybridized carbons (Fsp3) is 0.320. The number of carbonyl (C=O) groups excluding carboxylic acids is 2. The third-order valence-corrected chi connectivity index (χ3v) is 5.89. The van der Waals surface area contributed by atoms with Gasteiger partial charge in [0.2, 0.25) is 5.91 Å². The SMILES string of the molecule is O=C(CNC(=O)c1ccccc1Nc1ccnc2cc(C(F)(F)F)ccc12)NC1CCCCC1. The molecule has 1 aliphatic rings. The van der Waals surface area contributed by atoms with Gasteiger partial charge in [0.25, 0.3) is 5.91 Å². The summed E-state index contributed by atoms with van der Waals surface area (Å²) in [6.07, 6.45) is 2.22. The van der Waals surface area contributed by atoms with Gasteiger partial charge in [-0.1, -0.05) is 37.5 Å². The molecule has 0 bridgehead atoms. The first-order valence-electron chi connectivity index (χ1n) is 11.2. The monoisotopic (exact) mass is 470 g/mol. The molecular weight excluding hydrogens is 445 g/mol. The van der Waals surface area contributed by atoms with Crippen LogP contribution in [0, 0.1) is 0 Å². The molecule has 1 aliphatic carbocycles. The average molecular weight is 470 g/mol. The van der Waals surface area contributed by atoms with Crippen molar-refractivity contribution in [1.82, 2.24) is 15.6 Å². The maximum Gasteiger partial charge on any atom is 0.416 e. The fourth-order valence-electron chi connectivity index (χ4n) is 4.15. The van der Waals surface area contributed by atoms with Gasteiger partial charge in [0.15, 0.2) is 0 Å². The Kier molecular flexibility index (Phi) is 7.00. The Hall–Kier alpha value is -3.62. The van der Waals surface area contributed by atoms with Crippen LogP contribution in [0.15, 0.2) is 54.7 Å². The van der Waals surface area contributed by atoms with Gasteiger partial charge in [-0.05, 0) is 43.2 Å². The molecule has 0 spiro atoms. The molecule has 0 atom stereocenters. The number of hydrogen-bond donors (Lipinski definition) is 3. The number of para-hydroxylation sites is 1. The second-order valence-corrected chi connectivity index (χ2v) is 8.34. The molecule has 0 aliphatic heterocycles. The topological polar surface area (TPSA) is 83.1 Å². The summed E-state index contributed by atoms with van der Waals surface area (Å²) >= 11 is 0. The van der Waals surface area contributed by atoms with Crippen LogP contribution in [-0.4, -0.2) is 29.4 Å². The van der Waals surface area contributed by atoms with Gasteiger partial charge in [0, 0.05) is 23.3 Å². The average Bonchev–Trinajstić information content (AvgIpc) is 2.83. The fourth-order valence-corrected chi connectivity index (χ4v) is 4.15. The lowest BCUT2D eigenvalue weighted by Crippen LogP contribution is -2.42. The molecule has 0 radical (unpaired) electrons. The van der Waals surface area contributed by atoms with Crippen molar-refractivity contribution in [1.29, 1.82) is 0 Å². The first-order valence-corrected chi connectivity index (χ1v) is 11.2. The van der Waals surface area contributed by atoms with E-state index in [0.717, 1.165) is 37.8 Å².